The van der Waals surface area contributed by atoms with E-state index in [1.165, 1.54) is 0 Å². The number of fused-ring (bicyclic) bond motifs is 2. The summed E-state index contributed by atoms with van der Waals surface area (Å²) >= 11 is 0. The van der Waals surface area contributed by atoms with Crippen LogP contribution in [0.3, 0.4) is 0 Å². The number of hydrogen-bond acceptors (Lipinski definition) is 10. The van der Waals surface area contributed by atoms with Crippen molar-refractivity contribution < 1.29 is 0 Å². The van der Waals surface area contributed by atoms with Gasteiger partial charge in [0.15, 0.2) is 46.0 Å². The van der Waals surface area contributed by atoms with Crippen LogP contribution in [0, 0.1) is 45.3 Å². The maximum atomic E-state index is 9.81. The summed E-state index contributed by atoms with van der Waals surface area (Å²) < 4.78 is 0. The van der Waals surface area contributed by atoms with Gasteiger partial charge >= 0.3 is 0 Å². The van der Waals surface area contributed by atoms with Gasteiger partial charge < -0.3 is 0 Å². The summed E-state index contributed by atoms with van der Waals surface area (Å²) in [6, 6.07) is 23.6. The predicted molar refractivity (Wildman–Crippen MR) is 157 cm³/mol. The Hall–Kier alpha value is -5.84. The Morgan fingerprint density at radius 2 is 0.786 bits per heavy atom. The van der Waals surface area contributed by atoms with E-state index in [2.05, 4.69) is 33.8 Å². The molecule has 0 N–H and O–H groups in total. The zero-order valence-corrected chi connectivity index (χ0v) is 23.3. The van der Waals surface area contributed by atoms with Gasteiger partial charge in [0, 0.05) is 11.4 Å². The van der Waals surface area contributed by atoms with Crippen LogP contribution in [0.15, 0.2) is 48.5 Å². The molecule has 42 heavy (non-hydrogen) atoms. The van der Waals surface area contributed by atoms with Crippen molar-refractivity contribution in [3.63, 3.8) is 0 Å². The molecule has 10 nitrogen and oxygen atoms in total. The van der Waals surface area contributed by atoms with E-state index >= 15 is 0 Å². The van der Waals surface area contributed by atoms with E-state index < -0.39 is 0 Å². The summed E-state index contributed by atoms with van der Waals surface area (Å²) in [6.45, 7) is 4.28. The molecule has 4 aromatic rings. The Balaban J connectivity index is 1.78. The van der Waals surface area contributed by atoms with Crippen LogP contribution in [0.2, 0.25) is 0 Å². The Labute approximate surface area is 244 Å². The van der Waals surface area contributed by atoms with Crippen LogP contribution >= 0.6 is 0 Å². The molecule has 0 radical (unpaired) electrons. The zero-order chi connectivity index (χ0) is 29.6. The van der Waals surface area contributed by atoms with Crippen molar-refractivity contribution in [2.24, 2.45) is 0 Å². The number of aromatic nitrogens is 4. The fourth-order valence-electron chi connectivity index (χ4n) is 4.82. The topological polar surface area (TPSA) is 153 Å². The second kappa shape index (κ2) is 12.1. The van der Waals surface area contributed by atoms with Crippen molar-refractivity contribution in [2.75, 3.05) is 9.80 Å². The fraction of sp³-hybridized carbons (Fsp3) is 0.250. The summed E-state index contributed by atoms with van der Waals surface area (Å²) in [6.07, 6.45) is 6.13. The number of rotatable bonds is 8. The third-order valence-corrected chi connectivity index (χ3v) is 7.02. The van der Waals surface area contributed by atoms with Crippen molar-refractivity contribution in [3.05, 3.63) is 82.4 Å². The van der Waals surface area contributed by atoms with E-state index in [0.29, 0.717) is 11.4 Å². The molecule has 3 heterocycles. The minimum atomic E-state index is -0.138. The molecule has 0 fully saturated rings. The molecule has 0 atom stereocenters. The van der Waals surface area contributed by atoms with Gasteiger partial charge in [-0.2, -0.15) is 21.0 Å². The number of nitrogens with zero attached hydrogens (tertiary/aromatic N) is 10. The zero-order valence-electron chi connectivity index (χ0n) is 23.3. The molecule has 0 spiro atoms. The first-order valence-electron chi connectivity index (χ1n) is 13.8. The second-order valence-electron chi connectivity index (χ2n) is 9.79. The average Bonchev–Trinajstić information content (AvgIpc) is 3.04. The number of unbranched alkanes of at least 4 members (excludes halogenated alkanes) is 2. The first-order chi connectivity index (χ1) is 20.6. The molecule has 0 unspecified atom stereocenters. The monoisotopic (exact) mass is 550 g/mol. The van der Waals surface area contributed by atoms with E-state index in [1.807, 2.05) is 72.8 Å². The number of hydrogen-bond donors (Lipinski definition) is 0. The molecule has 204 valence electrons. The number of aryl methyl sites for hydroxylation is 2. The van der Waals surface area contributed by atoms with E-state index in [1.54, 1.807) is 9.80 Å². The Kier molecular flexibility index (Phi) is 8.00. The smallest absolute Gasteiger partial charge is 0.184 e. The van der Waals surface area contributed by atoms with Gasteiger partial charge in [-0.25, -0.2) is 19.9 Å². The summed E-state index contributed by atoms with van der Waals surface area (Å²) in [5, 5.41) is 39.3. The van der Waals surface area contributed by atoms with Crippen molar-refractivity contribution in [1.82, 2.24) is 19.9 Å². The molecular formula is C32H26N10. The molecule has 2 aromatic heterocycles. The Bertz CT molecular complexity index is 1580. The number of anilines is 6. The lowest BCUT2D eigenvalue weighted by atomic mass is 10.1. The molecule has 0 saturated carbocycles. The second-order valence-corrected chi connectivity index (χ2v) is 9.79. The summed E-state index contributed by atoms with van der Waals surface area (Å²) in [4.78, 5) is 21.7. The Morgan fingerprint density at radius 3 is 1.02 bits per heavy atom. The Morgan fingerprint density at radius 1 is 0.500 bits per heavy atom. The quantitative estimate of drug-likeness (QED) is 0.204. The molecule has 0 aliphatic carbocycles. The minimum absolute atomic E-state index is 0.138. The van der Waals surface area contributed by atoms with Crippen molar-refractivity contribution in [1.29, 1.82) is 21.0 Å². The average molecular weight is 551 g/mol. The first-order valence-corrected chi connectivity index (χ1v) is 13.8. The molecular weight excluding hydrogens is 524 g/mol. The molecule has 5 rings (SSSR count). The van der Waals surface area contributed by atoms with Gasteiger partial charge in [0.1, 0.15) is 24.3 Å². The largest absolute Gasteiger partial charge is 0.273 e. The van der Waals surface area contributed by atoms with Crippen LogP contribution in [0.4, 0.5) is 34.6 Å². The molecule has 10 heteroatoms. The number of nitriles is 4. The SMILES string of the molecule is CCCCc1ccc(N2c3nc(C#N)c(C#N)nc3N(c3ccc(CCCC)cc3)c3nc(C#N)c(C#N)nc32)cc1. The third kappa shape index (κ3) is 5.06. The highest BCUT2D eigenvalue weighted by Gasteiger charge is 2.38. The standard InChI is InChI=1S/C32H26N10/c1-3-5-7-21-9-13-23(14-10-21)41-29-31(39-27(19-35)25(17-33)37-29)42(24-15-11-22(12-16-24)8-6-4-2)32-30(41)38-26(18-34)28(20-36)40-32/h9-16H,3-8H2,1-2H3. The highest BCUT2D eigenvalue weighted by Crippen LogP contribution is 2.51. The van der Waals surface area contributed by atoms with Crippen LogP contribution in [0.5, 0.6) is 0 Å². The highest BCUT2D eigenvalue weighted by molar-refractivity contribution is 5.96. The summed E-state index contributed by atoms with van der Waals surface area (Å²) in [5.41, 5.74) is 3.08. The third-order valence-electron chi connectivity index (χ3n) is 7.02. The highest BCUT2D eigenvalue weighted by atomic mass is 15.4. The van der Waals surface area contributed by atoms with Gasteiger partial charge in [-0.3, -0.25) is 9.80 Å². The van der Waals surface area contributed by atoms with Gasteiger partial charge in [0.05, 0.1) is 0 Å². The maximum Gasteiger partial charge on any atom is 0.184 e. The van der Waals surface area contributed by atoms with Crippen LogP contribution < -0.4 is 9.80 Å². The normalized spacial score (nSPS) is 11.5. The molecule has 2 aromatic carbocycles. The van der Waals surface area contributed by atoms with Crippen molar-refractivity contribution in [2.45, 2.75) is 52.4 Å². The van der Waals surface area contributed by atoms with Crippen LogP contribution in [-0.4, -0.2) is 19.9 Å². The summed E-state index contributed by atoms with van der Waals surface area (Å²) in [5.74, 6) is 0.990. The van der Waals surface area contributed by atoms with E-state index in [4.69, 9.17) is 0 Å². The summed E-state index contributed by atoms with van der Waals surface area (Å²) in [7, 11) is 0. The molecule has 0 amide bonds. The number of benzene rings is 2. The van der Waals surface area contributed by atoms with E-state index in [-0.39, 0.29) is 46.0 Å². The lowest BCUT2D eigenvalue weighted by Gasteiger charge is -2.36. The predicted octanol–water partition coefficient (Wildman–Crippen LogP) is 6.69. The van der Waals surface area contributed by atoms with E-state index in [9.17, 15) is 21.0 Å². The van der Waals surface area contributed by atoms with Crippen LogP contribution in [0.25, 0.3) is 0 Å². The van der Waals surface area contributed by atoms with Crippen LogP contribution in [-0.2, 0) is 12.8 Å². The van der Waals surface area contributed by atoms with Gasteiger partial charge in [-0.15, -0.1) is 0 Å². The van der Waals surface area contributed by atoms with E-state index in [0.717, 1.165) is 49.7 Å². The van der Waals surface area contributed by atoms with Gasteiger partial charge in [-0.1, -0.05) is 51.0 Å². The lowest BCUT2D eigenvalue weighted by Crippen LogP contribution is -2.29. The molecule has 0 saturated heterocycles. The van der Waals surface area contributed by atoms with Crippen LogP contribution in [0.1, 0.15) is 73.4 Å². The molecule has 1 aliphatic rings. The van der Waals surface area contributed by atoms with Gasteiger partial charge in [0.25, 0.3) is 0 Å². The van der Waals surface area contributed by atoms with Crippen molar-refractivity contribution in [3.8, 4) is 24.3 Å². The fourth-order valence-corrected chi connectivity index (χ4v) is 4.82. The van der Waals surface area contributed by atoms with Gasteiger partial charge in [0.2, 0.25) is 0 Å². The molecule has 1 aliphatic heterocycles. The van der Waals surface area contributed by atoms with Gasteiger partial charge in [-0.05, 0) is 61.1 Å². The molecule has 0 bridgehead atoms. The first kappa shape index (κ1) is 27.7. The maximum absolute atomic E-state index is 9.81. The lowest BCUT2D eigenvalue weighted by molar-refractivity contribution is 0.795. The van der Waals surface area contributed by atoms with Crippen molar-refractivity contribution >= 4 is 34.6 Å². The minimum Gasteiger partial charge on any atom is -0.273 e.